The minimum absolute atomic E-state index is 0.112. The first-order valence-electron chi connectivity index (χ1n) is 26.6. The van der Waals surface area contributed by atoms with Gasteiger partial charge in [0.25, 0.3) is 21.6 Å². The molecule has 4 N–H and O–H groups in total. The summed E-state index contributed by atoms with van der Waals surface area (Å²) in [6, 6.07) is 22.4. The molecular formula is C56H70N8O9S. The second-order valence-corrected chi connectivity index (χ2v) is 24.9. The Hall–Kier alpha value is -5.79. The number of aromatic nitrogens is 2. The lowest BCUT2D eigenvalue weighted by Gasteiger charge is -2.59. The number of rotatable bonds is 12. The smallest absolute Gasteiger partial charge is 0.293 e. The molecule has 6 heterocycles. The summed E-state index contributed by atoms with van der Waals surface area (Å²) in [4.78, 5) is 41.3. The fourth-order valence-electron chi connectivity index (χ4n) is 12.8. The predicted octanol–water partition coefficient (Wildman–Crippen LogP) is 9.36. The number of amides is 1. The fraction of sp³-hybridized carbons (Fsp3) is 0.536. The monoisotopic (exact) mass is 1030 g/mol. The Morgan fingerprint density at radius 2 is 1.73 bits per heavy atom. The minimum Gasteiger partial charge on any atom is -0.468 e. The van der Waals surface area contributed by atoms with Gasteiger partial charge in [-0.3, -0.25) is 19.8 Å². The van der Waals surface area contributed by atoms with Crippen molar-refractivity contribution in [2.24, 2.45) is 11.3 Å². The maximum Gasteiger partial charge on any atom is 0.293 e. The number of sulfonamides is 1. The molecule has 11 rings (SSSR count). The van der Waals surface area contributed by atoms with Gasteiger partial charge < -0.3 is 39.4 Å². The van der Waals surface area contributed by atoms with Gasteiger partial charge in [0.2, 0.25) is 5.88 Å². The Morgan fingerprint density at radius 1 is 0.959 bits per heavy atom. The Labute approximate surface area is 433 Å². The molecule has 3 aromatic carbocycles. The molecule has 2 aliphatic carbocycles. The van der Waals surface area contributed by atoms with Gasteiger partial charge in [-0.1, -0.05) is 38.1 Å². The second-order valence-electron chi connectivity index (χ2n) is 23.2. The third-order valence-electron chi connectivity index (χ3n) is 17.1. The lowest BCUT2D eigenvalue weighted by molar-refractivity contribution is -0.384. The number of nitro groups is 1. The molecule has 5 aromatic rings. The molecular weight excluding hydrogens is 961 g/mol. The van der Waals surface area contributed by atoms with Crippen LogP contribution in [0.3, 0.4) is 0 Å². The molecule has 2 saturated carbocycles. The summed E-state index contributed by atoms with van der Waals surface area (Å²) >= 11 is 0. The molecule has 4 aliphatic heterocycles. The van der Waals surface area contributed by atoms with E-state index in [2.05, 4.69) is 81.7 Å². The van der Waals surface area contributed by atoms with E-state index in [9.17, 15) is 28.4 Å². The molecule has 1 spiro atoms. The Bertz CT molecular complexity index is 3040. The number of nitrogens with one attached hydrogen (secondary N) is 3. The zero-order chi connectivity index (χ0) is 51.7. The summed E-state index contributed by atoms with van der Waals surface area (Å²) in [6.07, 6.45) is 9.02. The highest BCUT2D eigenvalue weighted by Crippen LogP contribution is 2.54. The van der Waals surface area contributed by atoms with E-state index < -0.39 is 43.1 Å². The van der Waals surface area contributed by atoms with Crippen molar-refractivity contribution >= 4 is 55.4 Å². The average molecular weight is 1030 g/mol. The molecule has 6 aliphatic rings. The summed E-state index contributed by atoms with van der Waals surface area (Å²) in [5.41, 5.74) is 4.58. The molecule has 3 atom stereocenters. The van der Waals surface area contributed by atoms with Crippen LogP contribution in [-0.4, -0.2) is 115 Å². The third-order valence-corrected chi connectivity index (χ3v) is 18.5. The summed E-state index contributed by atoms with van der Waals surface area (Å²) in [5, 5.41) is 26.8. The van der Waals surface area contributed by atoms with Crippen molar-refractivity contribution in [3.8, 4) is 5.88 Å². The average Bonchev–Trinajstić information content (AvgIpc) is 3.83. The molecule has 2 aromatic heterocycles. The molecule has 3 saturated heterocycles. The quantitative estimate of drug-likeness (QED) is 0.0679. The largest absolute Gasteiger partial charge is 0.468 e. The number of pyridine rings is 1. The predicted molar refractivity (Wildman–Crippen MR) is 284 cm³/mol. The van der Waals surface area contributed by atoms with Crippen molar-refractivity contribution in [3.63, 3.8) is 0 Å². The van der Waals surface area contributed by atoms with Crippen LogP contribution >= 0.6 is 0 Å². The first kappa shape index (κ1) is 50.4. The minimum atomic E-state index is -4.63. The van der Waals surface area contributed by atoms with Crippen molar-refractivity contribution in [2.75, 3.05) is 61.1 Å². The zero-order valence-corrected chi connectivity index (χ0v) is 44.0. The first-order valence-corrected chi connectivity index (χ1v) is 28.0. The Morgan fingerprint density at radius 3 is 2.49 bits per heavy atom. The van der Waals surface area contributed by atoms with Gasteiger partial charge in [-0.25, -0.2) is 13.1 Å². The summed E-state index contributed by atoms with van der Waals surface area (Å²) in [5.74, 6) is 0.0950. The number of H-pyrrole nitrogens is 1. The number of fused-ring (bicyclic) bond motifs is 3. The van der Waals surface area contributed by atoms with E-state index in [4.69, 9.17) is 19.2 Å². The highest BCUT2D eigenvalue weighted by Gasteiger charge is 2.52. The SMILES string of the molecule is CC(C)c1ccccc1[C@@H]1COC(C)(C)CN1C1CC2(CCN(c3ccc(C(=O)NS(=O)(=O)c4ccc(NC[C@H]5CC[C@](C)(O)CC5)c([N+](=O)[O-])c4)c(N4c5cc6cc[nH]c6nc5O[C@H]5COCC[C@@H]54)c3)CC2)C1. The number of benzene rings is 3. The third kappa shape index (κ3) is 9.83. The van der Waals surface area contributed by atoms with Gasteiger partial charge in [-0.05, 0) is 149 Å². The van der Waals surface area contributed by atoms with Gasteiger partial charge >= 0.3 is 0 Å². The highest BCUT2D eigenvalue weighted by molar-refractivity contribution is 7.90. The van der Waals surface area contributed by atoms with Crippen LogP contribution in [-0.2, 0) is 19.5 Å². The maximum absolute atomic E-state index is 14.8. The second kappa shape index (κ2) is 19.4. The Kier molecular flexibility index (Phi) is 13.2. The number of carbonyl (C=O) groups is 1. The van der Waals surface area contributed by atoms with Crippen LogP contribution in [0.5, 0.6) is 5.88 Å². The molecule has 74 heavy (non-hydrogen) atoms. The van der Waals surface area contributed by atoms with Crippen LogP contribution in [0.4, 0.5) is 28.4 Å². The van der Waals surface area contributed by atoms with E-state index in [0.717, 1.165) is 75.3 Å². The number of hydrogen-bond donors (Lipinski definition) is 4. The summed E-state index contributed by atoms with van der Waals surface area (Å²) in [7, 11) is -4.63. The van der Waals surface area contributed by atoms with Crippen molar-refractivity contribution in [3.05, 3.63) is 106 Å². The lowest BCUT2D eigenvalue weighted by Crippen LogP contribution is -2.61. The van der Waals surface area contributed by atoms with E-state index >= 15 is 0 Å². The van der Waals surface area contributed by atoms with E-state index in [1.54, 1.807) is 6.07 Å². The first-order chi connectivity index (χ1) is 35.3. The van der Waals surface area contributed by atoms with Crippen molar-refractivity contribution in [2.45, 2.75) is 139 Å². The number of anilines is 4. The topological polar surface area (TPSA) is 205 Å². The number of aromatic amines is 1. The van der Waals surface area contributed by atoms with Crippen LogP contribution in [0, 0.1) is 21.4 Å². The van der Waals surface area contributed by atoms with E-state index in [-0.39, 0.29) is 40.3 Å². The van der Waals surface area contributed by atoms with Crippen molar-refractivity contribution in [1.29, 1.82) is 0 Å². The summed E-state index contributed by atoms with van der Waals surface area (Å²) in [6.45, 7) is 15.1. The number of hydrogen-bond acceptors (Lipinski definition) is 14. The van der Waals surface area contributed by atoms with Gasteiger partial charge in [-0.15, -0.1) is 0 Å². The lowest BCUT2D eigenvalue weighted by atomic mass is 9.59. The van der Waals surface area contributed by atoms with E-state index in [0.29, 0.717) is 80.5 Å². The number of aliphatic hydroxyl groups is 1. The highest BCUT2D eigenvalue weighted by atomic mass is 32.2. The standard InChI is InChI=1S/C56H70N8O9S/c1-35(2)41-8-6-7-9-42(41)49-32-72-54(3,4)34-62(49)39-29-56(30-39)20-23-61(24-21-56)38-10-12-43(46(27-38)63-45-17-25-71-33-50(45)73-53-48(63)26-37-16-22-57-51(37)59-53)52(65)60-74(69,70)40-11-13-44(47(28-40)64(67)68)58-31-36-14-18-55(5,66)19-15-36/h6-13,16,22,26-28,35-36,39,45,49-50,58,66H,14-15,17-21,23-25,29-34H2,1-5H3,(H,57,59)(H,60,65)/t36-,45-,49-,50-,55-/m0/s1. The van der Waals surface area contributed by atoms with Gasteiger partial charge in [0, 0.05) is 62.2 Å². The number of piperidine rings is 1. The molecule has 5 fully saturated rings. The van der Waals surface area contributed by atoms with Crippen LogP contribution in [0.2, 0.25) is 0 Å². The molecule has 18 heteroatoms. The van der Waals surface area contributed by atoms with Gasteiger partial charge in [0.05, 0.1) is 57.6 Å². The Balaban J connectivity index is 0.868. The number of morpholine rings is 1. The molecule has 0 unspecified atom stereocenters. The van der Waals surface area contributed by atoms with Crippen molar-refractivity contribution < 1.29 is 37.5 Å². The van der Waals surface area contributed by atoms with E-state index in [1.165, 1.54) is 23.3 Å². The van der Waals surface area contributed by atoms with Gasteiger partial charge in [-0.2, -0.15) is 4.98 Å². The molecule has 1 amide bonds. The zero-order valence-electron chi connectivity index (χ0n) is 43.1. The van der Waals surface area contributed by atoms with Crippen molar-refractivity contribution in [1.82, 2.24) is 19.6 Å². The maximum atomic E-state index is 14.8. The number of ether oxygens (including phenoxy) is 3. The van der Waals surface area contributed by atoms with Crippen LogP contribution in [0.15, 0.2) is 83.9 Å². The molecule has 0 radical (unpaired) electrons. The molecule has 394 valence electrons. The van der Waals surface area contributed by atoms with Crippen LogP contribution < -0.4 is 24.6 Å². The summed E-state index contributed by atoms with van der Waals surface area (Å²) < 4.78 is 49.6. The van der Waals surface area contributed by atoms with Crippen LogP contribution in [0.1, 0.15) is 126 Å². The molecule has 0 bridgehead atoms. The normalized spacial score (nSPS) is 26.7. The fourth-order valence-corrected chi connectivity index (χ4v) is 13.8. The van der Waals surface area contributed by atoms with Crippen LogP contribution in [0.25, 0.3) is 11.0 Å². The number of carbonyl (C=O) groups excluding carboxylic acids is 1. The number of nitro benzene ring substituents is 1. The van der Waals surface area contributed by atoms with E-state index in [1.807, 2.05) is 37.4 Å². The van der Waals surface area contributed by atoms with Gasteiger partial charge in [0.1, 0.15) is 23.1 Å². The molecule has 17 nitrogen and oxygen atoms in total. The van der Waals surface area contributed by atoms with Gasteiger partial charge in [0.15, 0.2) is 0 Å². The number of nitrogens with zero attached hydrogens (tertiary/aromatic N) is 5.